The zero-order valence-electron chi connectivity index (χ0n) is 6.67. The summed E-state index contributed by atoms with van der Waals surface area (Å²) >= 11 is 0. The van der Waals surface area contributed by atoms with Crippen LogP contribution in [0.1, 0.15) is 20.3 Å². The first-order valence-corrected chi connectivity index (χ1v) is 3.84. The van der Waals surface area contributed by atoms with Gasteiger partial charge in [-0.3, -0.25) is 4.99 Å². The Hall–Kier alpha value is -0.790. The molecule has 0 saturated carbocycles. The van der Waals surface area contributed by atoms with E-state index in [-0.39, 0.29) is 0 Å². The van der Waals surface area contributed by atoms with Crippen LogP contribution in [0.25, 0.3) is 0 Å². The molecule has 0 atom stereocenters. The summed E-state index contributed by atoms with van der Waals surface area (Å²) in [5.41, 5.74) is 1.35. The Morgan fingerprint density at radius 2 is 2.40 bits per heavy atom. The highest BCUT2D eigenvalue weighted by Crippen LogP contribution is 2.09. The third-order valence-electron chi connectivity index (χ3n) is 1.78. The Bertz CT molecular complexity index is 159. The van der Waals surface area contributed by atoms with Crippen molar-refractivity contribution >= 4 is 6.21 Å². The Balaban J connectivity index is 2.61. The summed E-state index contributed by atoms with van der Waals surface area (Å²) < 4.78 is 0. The Kier molecular flexibility index (Phi) is 2.49. The molecule has 2 nitrogen and oxygen atoms in total. The van der Waals surface area contributed by atoms with Gasteiger partial charge in [0, 0.05) is 24.7 Å². The van der Waals surface area contributed by atoms with Gasteiger partial charge in [-0.2, -0.15) is 0 Å². The molecular weight excluding hydrogens is 124 g/mol. The maximum Gasteiger partial charge on any atom is 0.0529 e. The molecule has 56 valence electrons. The summed E-state index contributed by atoms with van der Waals surface area (Å²) in [5, 5.41) is 0. The average Bonchev–Trinajstić information content (AvgIpc) is 2.04. The first kappa shape index (κ1) is 7.32. The zero-order valence-corrected chi connectivity index (χ0v) is 6.67. The highest BCUT2D eigenvalue weighted by atomic mass is 15.1. The maximum atomic E-state index is 4.10. The lowest BCUT2D eigenvalue weighted by Crippen LogP contribution is -2.26. The fourth-order valence-electron chi connectivity index (χ4n) is 1.13. The van der Waals surface area contributed by atoms with Crippen LogP contribution in [-0.2, 0) is 0 Å². The second-order valence-corrected chi connectivity index (χ2v) is 2.34. The molecule has 0 aliphatic carbocycles. The number of rotatable bonds is 2. The smallest absolute Gasteiger partial charge is 0.0529 e. The van der Waals surface area contributed by atoms with Gasteiger partial charge >= 0.3 is 0 Å². The monoisotopic (exact) mass is 138 g/mol. The minimum absolute atomic E-state index is 0.982. The number of hydrogen-bond acceptors (Lipinski definition) is 2. The van der Waals surface area contributed by atoms with E-state index in [0.717, 1.165) is 19.5 Å². The van der Waals surface area contributed by atoms with Crippen molar-refractivity contribution in [2.24, 2.45) is 4.99 Å². The molecule has 0 amide bonds. The number of hydrogen-bond donors (Lipinski definition) is 0. The predicted octanol–water partition coefficient (Wildman–Crippen LogP) is 1.64. The van der Waals surface area contributed by atoms with Crippen LogP contribution in [0.15, 0.2) is 16.9 Å². The molecule has 0 aromatic carbocycles. The number of nitrogens with zero attached hydrogens (tertiary/aromatic N) is 2. The van der Waals surface area contributed by atoms with Crippen LogP contribution < -0.4 is 0 Å². The van der Waals surface area contributed by atoms with Crippen LogP contribution in [0.5, 0.6) is 0 Å². The predicted molar refractivity (Wildman–Crippen MR) is 44.1 cm³/mol. The Morgan fingerprint density at radius 3 is 2.90 bits per heavy atom. The fraction of sp³-hybridized carbons (Fsp3) is 0.625. The first-order chi connectivity index (χ1) is 4.88. The van der Waals surface area contributed by atoms with Crippen molar-refractivity contribution < 1.29 is 0 Å². The molecule has 0 bridgehead atoms. The minimum Gasteiger partial charge on any atom is -0.369 e. The number of aliphatic imine (C=N–C) groups is 1. The summed E-state index contributed by atoms with van der Waals surface area (Å²) in [6.45, 7) is 6.40. The van der Waals surface area contributed by atoms with Crippen molar-refractivity contribution in [2.45, 2.75) is 20.3 Å². The van der Waals surface area contributed by atoms with Crippen LogP contribution in [0.3, 0.4) is 0 Å². The van der Waals surface area contributed by atoms with E-state index in [4.69, 9.17) is 0 Å². The third-order valence-corrected chi connectivity index (χ3v) is 1.78. The molecule has 1 aliphatic heterocycles. The zero-order chi connectivity index (χ0) is 7.40. The van der Waals surface area contributed by atoms with Crippen molar-refractivity contribution in [1.29, 1.82) is 0 Å². The van der Waals surface area contributed by atoms with Crippen LogP contribution in [-0.4, -0.2) is 24.2 Å². The van der Waals surface area contributed by atoms with E-state index in [2.05, 4.69) is 23.7 Å². The Morgan fingerprint density at radius 1 is 1.60 bits per heavy atom. The van der Waals surface area contributed by atoms with Gasteiger partial charge in [-0.1, -0.05) is 6.92 Å². The highest BCUT2D eigenvalue weighted by Gasteiger charge is 2.05. The molecule has 0 unspecified atom stereocenters. The molecule has 0 saturated heterocycles. The van der Waals surface area contributed by atoms with Gasteiger partial charge in [-0.15, -0.1) is 0 Å². The van der Waals surface area contributed by atoms with E-state index in [1.807, 2.05) is 12.4 Å². The molecule has 2 heteroatoms. The van der Waals surface area contributed by atoms with Crippen molar-refractivity contribution in [3.63, 3.8) is 0 Å². The quantitative estimate of drug-likeness (QED) is 0.566. The summed E-state index contributed by atoms with van der Waals surface area (Å²) in [4.78, 5) is 6.43. The van der Waals surface area contributed by atoms with Crippen LogP contribution in [0.2, 0.25) is 0 Å². The molecule has 0 N–H and O–H groups in total. The van der Waals surface area contributed by atoms with Crippen molar-refractivity contribution in [3.8, 4) is 0 Å². The standard InChI is InChI=1S/C8H14N2/c1-3-8-7-9-5-6-10(8)4-2/h5,7H,3-4,6H2,1-2H3. The van der Waals surface area contributed by atoms with Crippen LogP contribution in [0.4, 0.5) is 0 Å². The maximum absolute atomic E-state index is 4.10. The van der Waals surface area contributed by atoms with Crippen LogP contribution >= 0.6 is 0 Å². The van der Waals surface area contributed by atoms with Crippen molar-refractivity contribution in [2.75, 3.05) is 13.1 Å². The molecule has 1 heterocycles. The first-order valence-electron chi connectivity index (χ1n) is 3.84. The van der Waals surface area contributed by atoms with E-state index < -0.39 is 0 Å². The number of allylic oxidation sites excluding steroid dienone is 1. The van der Waals surface area contributed by atoms with E-state index in [9.17, 15) is 0 Å². The fourth-order valence-corrected chi connectivity index (χ4v) is 1.13. The topological polar surface area (TPSA) is 15.6 Å². The summed E-state index contributed by atoms with van der Waals surface area (Å²) in [6, 6.07) is 0. The van der Waals surface area contributed by atoms with Crippen LogP contribution in [0, 0.1) is 0 Å². The van der Waals surface area contributed by atoms with Gasteiger partial charge in [0.25, 0.3) is 0 Å². The van der Waals surface area contributed by atoms with Crippen molar-refractivity contribution in [1.82, 2.24) is 4.90 Å². The van der Waals surface area contributed by atoms with Gasteiger partial charge in [0.1, 0.15) is 0 Å². The van der Waals surface area contributed by atoms with Gasteiger partial charge in [0.15, 0.2) is 0 Å². The lowest BCUT2D eigenvalue weighted by Gasteiger charge is -2.24. The van der Waals surface area contributed by atoms with Crippen molar-refractivity contribution in [3.05, 3.63) is 11.9 Å². The molecule has 0 aromatic heterocycles. The molecule has 0 radical (unpaired) electrons. The largest absolute Gasteiger partial charge is 0.369 e. The molecule has 0 aromatic rings. The molecule has 1 rings (SSSR count). The third kappa shape index (κ3) is 1.38. The highest BCUT2D eigenvalue weighted by molar-refractivity contribution is 5.62. The van der Waals surface area contributed by atoms with Gasteiger partial charge < -0.3 is 4.90 Å². The second-order valence-electron chi connectivity index (χ2n) is 2.34. The van der Waals surface area contributed by atoms with Gasteiger partial charge in [-0.25, -0.2) is 0 Å². The molecule has 0 spiro atoms. The second kappa shape index (κ2) is 3.40. The SMILES string of the molecule is CCC1=CN=CCN1CC. The molecule has 10 heavy (non-hydrogen) atoms. The molecule has 1 aliphatic rings. The Labute approximate surface area is 62.3 Å². The molecule has 0 fully saturated rings. The molecular formula is C8H14N2. The van der Waals surface area contributed by atoms with Gasteiger partial charge in [0.05, 0.1) is 6.54 Å². The lowest BCUT2D eigenvalue weighted by atomic mass is 10.3. The van der Waals surface area contributed by atoms with Gasteiger partial charge in [-0.05, 0) is 13.3 Å². The average molecular weight is 138 g/mol. The van der Waals surface area contributed by atoms with E-state index in [1.165, 1.54) is 5.70 Å². The van der Waals surface area contributed by atoms with Gasteiger partial charge in [0.2, 0.25) is 0 Å². The normalized spacial score (nSPS) is 17.4. The summed E-state index contributed by atoms with van der Waals surface area (Å²) in [5.74, 6) is 0. The van der Waals surface area contributed by atoms with E-state index >= 15 is 0 Å². The lowest BCUT2D eigenvalue weighted by molar-refractivity contribution is 0.397. The summed E-state index contributed by atoms with van der Waals surface area (Å²) in [6.07, 6.45) is 4.99. The summed E-state index contributed by atoms with van der Waals surface area (Å²) in [7, 11) is 0. The minimum atomic E-state index is 0.982. The van der Waals surface area contributed by atoms with E-state index in [0.29, 0.717) is 0 Å². The van der Waals surface area contributed by atoms with E-state index in [1.54, 1.807) is 0 Å².